The molecule has 1 saturated heterocycles. The highest BCUT2D eigenvalue weighted by atomic mass is 35.5. The van der Waals surface area contributed by atoms with E-state index in [-0.39, 0.29) is 10.6 Å². The predicted molar refractivity (Wildman–Crippen MR) is 100 cm³/mol. The number of likely N-dealkylation sites (N-methyl/N-ethyl adjacent to an activating group) is 1. The van der Waals surface area contributed by atoms with Crippen LogP contribution < -0.4 is 10.2 Å². The van der Waals surface area contributed by atoms with Crippen molar-refractivity contribution in [1.29, 1.82) is 0 Å². The molecule has 0 spiro atoms. The average Bonchev–Trinajstić information content (AvgIpc) is 2.62. The Morgan fingerprint density at radius 3 is 2.40 bits per heavy atom. The van der Waals surface area contributed by atoms with Crippen molar-refractivity contribution in [2.45, 2.75) is 6.92 Å². The number of nitrogens with one attached hydrogen (secondary N) is 1. The van der Waals surface area contributed by atoms with E-state index in [0.717, 1.165) is 44.5 Å². The Morgan fingerprint density at radius 2 is 1.80 bits per heavy atom. The van der Waals surface area contributed by atoms with Crippen LogP contribution in [0.3, 0.4) is 0 Å². The van der Waals surface area contributed by atoms with E-state index in [2.05, 4.69) is 22.0 Å². The van der Waals surface area contributed by atoms with Crippen LogP contribution in [-0.2, 0) is 0 Å². The van der Waals surface area contributed by atoms with Crippen LogP contribution in [0.4, 0.5) is 15.8 Å². The van der Waals surface area contributed by atoms with Gasteiger partial charge in [0.05, 0.1) is 5.56 Å². The summed E-state index contributed by atoms with van der Waals surface area (Å²) in [7, 11) is 0. The zero-order valence-electron chi connectivity index (χ0n) is 14.1. The zero-order chi connectivity index (χ0) is 17.8. The van der Waals surface area contributed by atoms with Gasteiger partial charge in [0.25, 0.3) is 5.91 Å². The molecule has 0 unspecified atom stereocenters. The van der Waals surface area contributed by atoms with Crippen molar-refractivity contribution in [2.24, 2.45) is 0 Å². The van der Waals surface area contributed by atoms with Gasteiger partial charge in [-0.15, -0.1) is 0 Å². The third-order valence-corrected chi connectivity index (χ3v) is 4.72. The molecule has 0 radical (unpaired) electrons. The Kier molecular flexibility index (Phi) is 5.56. The molecule has 2 aromatic rings. The zero-order valence-corrected chi connectivity index (χ0v) is 14.9. The first-order chi connectivity index (χ1) is 12.1. The van der Waals surface area contributed by atoms with E-state index in [1.807, 2.05) is 24.3 Å². The van der Waals surface area contributed by atoms with E-state index in [0.29, 0.717) is 5.69 Å². The number of carbonyl (C=O) groups is 1. The topological polar surface area (TPSA) is 35.6 Å². The minimum atomic E-state index is -0.629. The Hall–Kier alpha value is -2.11. The number of amides is 1. The lowest BCUT2D eigenvalue weighted by atomic mass is 10.2. The van der Waals surface area contributed by atoms with Gasteiger partial charge in [0.2, 0.25) is 0 Å². The molecule has 0 aliphatic carbocycles. The minimum absolute atomic E-state index is 0.0239. The fraction of sp³-hybridized carbons (Fsp3) is 0.316. The number of carbonyl (C=O) groups excluding carboxylic acids is 1. The van der Waals surface area contributed by atoms with Gasteiger partial charge in [-0.1, -0.05) is 18.5 Å². The fourth-order valence-electron chi connectivity index (χ4n) is 2.95. The van der Waals surface area contributed by atoms with Crippen molar-refractivity contribution in [3.05, 3.63) is 58.9 Å². The molecule has 1 fully saturated rings. The predicted octanol–water partition coefficient (Wildman–Crippen LogP) is 3.87. The lowest BCUT2D eigenvalue weighted by Gasteiger charge is -2.35. The van der Waals surface area contributed by atoms with Crippen LogP contribution >= 0.6 is 11.6 Å². The number of halogens is 2. The number of piperazine rings is 1. The molecule has 4 nitrogen and oxygen atoms in total. The van der Waals surface area contributed by atoms with Crippen LogP contribution in [0.25, 0.3) is 0 Å². The Morgan fingerprint density at radius 1 is 1.12 bits per heavy atom. The summed E-state index contributed by atoms with van der Waals surface area (Å²) in [6.07, 6.45) is 0. The van der Waals surface area contributed by atoms with Gasteiger partial charge in [-0.05, 0) is 49.0 Å². The number of hydrogen-bond donors (Lipinski definition) is 1. The smallest absolute Gasteiger partial charge is 0.258 e. The van der Waals surface area contributed by atoms with Crippen molar-refractivity contribution < 1.29 is 9.18 Å². The molecule has 25 heavy (non-hydrogen) atoms. The van der Waals surface area contributed by atoms with Gasteiger partial charge in [-0.25, -0.2) is 4.39 Å². The van der Waals surface area contributed by atoms with E-state index >= 15 is 0 Å². The van der Waals surface area contributed by atoms with E-state index in [1.54, 1.807) is 0 Å². The largest absolute Gasteiger partial charge is 0.369 e. The van der Waals surface area contributed by atoms with Gasteiger partial charge in [-0.2, -0.15) is 0 Å². The van der Waals surface area contributed by atoms with Gasteiger partial charge in [0.1, 0.15) is 5.82 Å². The first-order valence-electron chi connectivity index (χ1n) is 8.40. The summed E-state index contributed by atoms with van der Waals surface area (Å²) >= 11 is 5.71. The second-order valence-corrected chi connectivity index (χ2v) is 6.48. The summed E-state index contributed by atoms with van der Waals surface area (Å²) in [5.74, 6) is -1.12. The van der Waals surface area contributed by atoms with E-state index in [4.69, 9.17) is 11.6 Å². The molecule has 0 bridgehead atoms. The summed E-state index contributed by atoms with van der Waals surface area (Å²) in [5.41, 5.74) is 1.74. The van der Waals surface area contributed by atoms with Gasteiger partial charge in [0, 0.05) is 42.6 Å². The van der Waals surface area contributed by atoms with Crippen molar-refractivity contribution in [3.8, 4) is 0 Å². The van der Waals surface area contributed by atoms with E-state index in [1.165, 1.54) is 12.1 Å². The maximum Gasteiger partial charge on any atom is 0.258 e. The normalized spacial score (nSPS) is 15.2. The van der Waals surface area contributed by atoms with Crippen molar-refractivity contribution in [2.75, 3.05) is 42.9 Å². The van der Waals surface area contributed by atoms with E-state index < -0.39 is 11.7 Å². The molecule has 1 aliphatic heterocycles. The van der Waals surface area contributed by atoms with Crippen LogP contribution in [0.1, 0.15) is 17.3 Å². The van der Waals surface area contributed by atoms with Crippen molar-refractivity contribution >= 4 is 28.9 Å². The Labute approximate surface area is 152 Å². The third-order valence-electron chi connectivity index (χ3n) is 4.49. The first kappa shape index (κ1) is 17.7. The average molecular weight is 362 g/mol. The number of nitrogens with zero attached hydrogens (tertiary/aromatic N) is 2. The van der Waals surface area contributed by atoms with Crippen LogP contribution in [0.5, 0.6) is 0 Å². The Bertz CT molecular complexity index is 743. The van der Waals surface area contributed by atoms with Crippen molar-refractivity contribution in [3.63, 3.8) is 0 Å². The highest BCUT2D eigenvalue weighted by Crippen LogP contribution is 2.21. The number of hydrogen-bond acceptors (Lipinski definition) is 3. The molecule has 132 valence electrons. The maximum absolute atomic E-state index is 13.8. The molecule has 2 aromatic carbocycles. The molecule has 1 N–H and O–H groups in total. The summed E-state index contributed by atoms with van der Waals surface area (Å²) < 4.78 is 13.8. The molecule has 3 rings (SSSR count). The monoisotopic (exact) mass is 361 g/mol. The molecule has 1 heterocycles. The number of anilines is 2. The molecular weight excluding hydrogens is 341 g/mol. The first-order valence-corrected chi connectivity index (χ1v) is 8.78. The number of rotatable bonds is 4. The lowest BCUT2D eigenvalue weighted by molar-refractivity contribution is 0.102. The number of benzene rings is 2. The highest BCUT2D eigenvalue weighted by molar-refractivity contribution is 6.30. The maximum atomic E-state index is 13.8. The molecule has 0 atom stereocenters. The summed E-state index contributed by atoms with van der Waals surface area (Å²) in [6.45, 7) is 7.37. The molecule has 0 saturated carbocycles. The van der Waals surface area contributed by atoms with Crippen LogP contribution in [0.2, 0.25) is 5.02 Å². The summed E-state index contributed by atoms with van der Waals surface area (Å²) in [5, 5.41) is 2.98. The SMILES string of the molecule is CCN1CCN(c2ccc(NC(=O)c3ccc(Cl)cc3F)cc2)CC1. The fourth-order valence-corrected chi connectivity index (χ4v) is 3.11. The van der Waals surface area contributed by atoms with Gasteiger partial charge >= 0.3 is 0 Å². The van der Waals surface area contributed by atoms with Gasteiger partial charge < -0.3 is 15.1 Å². The minimum Gasteiger partial charge on any atom is -0.369 e. The van der Waals surface area contributed by atoms with Crippen LogP contribution in [0, 0.1) is 5.82 Å². The standard InChI is InChI=1S/C19H21ClFN3O/c1-2-23-9-11-24(12-10-23)16-6-4-15(5-7-16)22-19(25)17-8-3-14(20)13-18(17)21/h3-8,13H,2,9-12H2,1H3,(H,22,25). The molecule has 1 aliphatic rings. The second-order valence-electron chi connectivity index (χ2n) is 6.05. The second kappa shape index (κ2) is 7.85. The van der Waals surface area contributed by atoms with Gasteiger partial charge in [-0.3, -0.25) is 4.79 Å². The summed E-state index contributed by atoms with van der Waals surface area (Å²) in [6, 6.07) is 11.7. The lowest BCUT2D eigenvalue weighted by Crippen LogP contribution is -2.46. The molecule has 0 aromatic heterocycles. The third kappa shape index (κ3) is 4.30. The molecular formula is C19H21ClFN3O. The molecule has 6 heteroatoms. The van der Waals surface area contributed by atoms with Crippen LogP contribution in [0.15, 0.2) is 42.5 Å². The highest BCUT2D eigenvalue weighted by Gasteiger charge is 2.16. The Balaban J connectivity index is 1.63. The van der Waals surface area contributed by atoms with Crippen LogP contribution in [-0.4, -0.2) is 43.5 Å². The molecule has 1 amide bonds. The quantitative estimate of drug-likeness (QED) is 0.897. The van der Waals surface area contributed by atoms with E-state index in [9.17, 15) is 9.18 Å². The van der Waals surface area contributed by atoms with Crippen molar-refractivity contribution in [1.82, 2.24) is 4.90 Å². The van der Waals surface area contributed by atoms with Gasteiger partial charge in [0.15, 0.2) is 0 Å². The summed E-state index contributed by atoms with van der Waals surface area (Å²) in [4.78, 5) is 16.9.